The van der Waals surface area contributed by atoms with E-state index in [9.17, 15) is 8.78 Å². The molecule has 1 aromatic heterocycles. The van der Waals surface area contributed by atoms with E-state index in [1.54, 1.807) is 6.92 Å². The molecule has 0 saturated carbocycles. The Kier molecular flexibility index (Phi) is 4.24. The Hall–Kier alpha value is -1.07. The second kappa shape index (κ2) is 5.71. The van der Waals surface area contributed by atoms with Crippen molar-refractivity contribution in [3.63, 3.8) is 0 Å². The molecule has 0 spiro atoms. The van der Waals surface area contributed by atoms with Crippen LogP contribution in [0.25, 0.3) is 10.6 Å². The molecular weight excluding hydrogens is 278 g/mol. The summed E-state index contributed by atoms with van der Waals surface area (Å²) in [5.41, 5.74) is 0.300. The molecule has 1 aromatic carbocycles. The van der Waals surface area contributed by atoms with Crippen molar-refractivity contribution < 1.29 is 8.78 Å². The lowest BCUT2D eigenvalue weighted by molar-refractivity contribution is 0.583. The van der Waals surface area contributed by atoms with Crippen LogP contribution in [0.5, 0.6) is 0 Å². The predicted molar refractivity (Wildman–Crippen MR) is 69.0 cm³/mol. The number of rotatable bonds is 4. The smallest absolute Gasteiger partial charge is 0.153 e. The van der Waals surface area contributed by atoms with E-state index in [0.29, 0.717) is 17.9 Å². The molecule has 18 heavy (non-hydrogen) atoms. The Morgan fingerprint density at radius 1 is 1.28 bits per heavy atom. The van der Waals surface area contributed by atoms with Gasteiger partial charge in [-0.25, -0.2) is 8.78 Å². The molecule has 0 fully saturated rings. The summed E-state index contributed by atoms with van der Waals surface area (Å²) in [5, 5.41) is 8.78. The Labute approximate surface area is 113 Å². The molecule has 0 aliphatic carbocycles. The molecule has 0 radical (unpaired) electrons. The van der Waals surface area contributed by atoms with Crippen LogP contribution < -0.4 is 0 Å². The zero-order valence-electron chi connectivity index (χ0n) is 9.71. The number of hydrogen-bond acceptors (Lipinski definition) is 3. The fourth-order valence-electron chi connectivity index (χ4n) is 1.53. The van der Waals surface area contributed by atoms with Gasteiger partial charge in [0.2, 0.25) is 0 Å². The van der Waals surface area contributed by atoms with Crippen LogP contribution in [0.1, 0.15) is 17.0 Å². The molecule has 0 aliphatic rings. The highest BCUT2D eigenvalue weighted by atomic mass is 35.5. The van der Waals surface area contributed by atoms with Gasteiger partial charge in [0.1, 0.15) is 16.6 Å². The van der Waals surface area contributed by atoms with Gasteiger partial charge < -0.3 is 0 Å². The minimum Gasteiger partial charge on any atom is -0.206 e. The summed E-state index contributed by atoms with van der Waals surface area (Å²) in [4.78, 5) is 0. The maximum atomic E-state index is 13.9. The highest BCUT2D eigenvalue weighted by molar-refractivity contribution is 7.14. The summed E-state index contributed by atoms with van der Waals surface area (Å²) in [6.07, 6.45) is 1.45. The van der Waals surface area contributed by atoms with Gasteiger partial charge >= 0.3 is 0 Å². The molecule has 0 atom stereocenters. The van der Waals surface area contributed by atoms with Gasteiger partial charge in [-0.2, -0.15) is 0 Å². The van der Waals surface area contributed by atoms with Crippen LogP contribution >= 0.6 is 22.9 Å². The zero-order chi connectivity index (χ0) is 13.1. The van der Waals surface area contributed by atoms with Crippen molar-refractivity contribution in [2.24, 2.45) is 0 Å². The minimum atomic E-state index is -0.613. The molecular formula is C12H11ClF2N2S. The van der Waals surface area contributed by atoms with E-state index >= 15 is 0 Å². The van der Waals surface area contributed by atoms with Crippen LogP contribution in [0.4, 0.5) is 8.78 Å². The lowest BCUT2D eigenvalue weighted by Gasteiger charge is -2.03. The van der Waals surface area contributed by atoms with Gasteiger partial charge in [0.05, 0.1) is 5.56 Å². The van der Waals surface area contributed by atoms with Crippen LogP contribution in [-0.2, 0) is 6.42 Å². The van der Waals surface area contributed by atoms with Crippen molar-refractivity contribution in [3.8, 4) is 10.6 Å². The third kappa shape index (κ3) is 2.67. The van der Waals surface area contributed by atoms with Crippen molar-refractivity contribution in [1.82, 2.24) is 10.2 Å². The lowest BCUT2D eigenvalue weighted by Crippen LogP contribution is -1.92. The second-order valence-corrected chi connectivity index (χ2v) is 5.29. The highest BCUT2D eigenvalue weighted by Gasteiger charge is 2.17. The van der Waals surface area contributed by atoms with Crippen LogP contribution in [0, 0.1) is 18.6 Å². The monoisotopic (exact) mass is 288 g/mol. The first-order valence-electron chi connectivity index (χ1n) is 5.46. The summed E-state index contributed by atoms with van der Waals surface area (Å²) in [5.74, 6) is -0.657. The van der Waals surface area contributed by atoms with Crippen LogP contribution in [0.2, 0.25) is 0 Å². The first-order valence-corrected chi connectivity index (χ1v) is 6.82. The maximum absolute atomic E-state index is 13.9. The molecule has 6 heteroatoms. The van der Waals surface area contributed by atoms with Crippen molar-refractivity contribution in [3.05, 3.63) is 34.3 Å². The number of nitrogens with zero attached hydrogens (tertiary/aromatic N) is 2. The molecule has 2 nitrogen and oxygen atoms in total. The van der Waals surface area contributed by atoms with E-state index in [4.69, 9.17) is 11.6 Å². The number of aromatic nitrogens is 2. The molecule has 0 N–H and O–H groups in total. The van der Waals surface area contributed by atoms with E-state index in [0.717, 1.165) is 11.4 Å². The highest BCUT2D eigenvalue weighted by Crippen LogP contribution is 2.30. The third-order valence-corrected chi connectivity index (χ3v) is 3.76. The Morgan fingerprint density at radius 2 is 2.06 bits per heavy atom. The van der Waals surface area contributed by atoms with Gasteiger partial charge in [0.15, 0.2) is 5.01 Å². The van der Waals surface area contributed by atoms with E-state index in [2.05, 4.69) is 10.2 Å². The van der Waals surface area contributed by atoms with Crippen LogP contribution in [-0.4, -0.2) is 16.1 Å². The molecule has 0 amide bonds. The average molecular weight is 289 g/mol. The van der Waals surface area contributed by atoms with E-state index < -0.39 is 11.6 Å². The van der Waals surface area contributed by atoms with Crippen molar-refractivity contribution in [2.75, 3.05) is 5.88 Å². The molecule has 2 rings (SSSR count). The molecule has 2 aromatic rings. The maximum Gasteiger partial charge on any atom is 0.153 e. The van der Waals surface area contributed by atoms with Crippen LogP contribution in [0.15, 0.2) is 12.1 Å². The van der Waals surface area contributed by atoms with Crippen molar-refractivity contribution >= 4 is 22.9 Å². The Balaban J connectivity index is 2.37. The molecule has 0 unspecified atom stereocenters. The quantitative estimate of drug-likeness (QED) is 0.796. The Bertz CT molecular complexity index is 557. The zero-order valence-corrected chi connectivity index (χ0v) is 11.3. The third-order valence-electron chi connectivity index (χ3n) is 2.49. The van der Waals surface area contributed by atoms with E-state index in [-0.39, 0.29) is 10.6 Å². The minimum absolute atomic E-state index is 0.0929. The standard InChI is InChI=1S/C12H11ClF2N2S/c1-7-4-5-8(14)10(11(7)15)12-17-16-9(18-12)3-2-6-13/h4-5H,2-3,6H2,1H3. The SMILES string of the molecule is Cc1ccc(F)c(-c2nnc(CCCCl)s2)c1F. The number of aryl methyl sites for hydroxylation is 2. The van der Waals surface area contributed by atoms with Crippen molar-refractivity contribution in [1.29, 1.82) is 0 Å². The first kappa shape index (κ1) is 13.4. The Morgan fingerprint density at radius 3 is 2.78 bits per heavy atom. The van der Waals surface area contributed by atoms with Gasteiger partial charge in [-0.1, -0.05) is 17.4 Å². The second-order valence-electron chi connectivity index (χ2n) is 3.85. The van der Waals surface area contributed by atoms with Crippen LogP contribution in [0.3, 0.4) is 0 Å². The fraction of sp³-hybridized carbons (Fsp3) is 0.333. The summed E-state index contributed by atoms with van der Waals surface area (Å²) < 4.78 is 27.5. The van der Waals surface area contributed by atoms with Gasteiger partial charge in [-0.15, -0.1) is 21.8 Å². The summed E-state index contributed by atoms with van der Waals surface area (Å²) in [7, 11) is 0. The molecule has 1 heterocycles. The molecule has 0 bridgehead atoms. The van der Waals surface area contributed by atoms with Crippen molar-refractivity contribution in [2.45, 2.75) is 19.8 Å². The molecule has 96 valence electrons. The number of halogens is 3. The first-order chi connectivity index (χ1) is 8.63. The van der Waals surface area contributed by atoms with Gasteiger partial charge in [0.25, 0.3) is 0 Å². The largest absolute Gasteiger partial charge is 0.206 e. The lowest BCUT2D eigenvalue weighted by atomic mass is 10.1. The summed E-state index contributed by atoms with van der Waals surface area (Å²) >= 11 is 6.79. The average Bonchev–Trinajstić information content (AvgIpc) is 2.80. The summed E-state index contributed by atoms with van der Waals surface area (Å²) in [6.45, 7) is 1.59. The number of benzene rings is 1. The normalized spacial score (nSPS) is 10.9. The van der Waals surface area contributed by atoms with E-state index in [1.807, 2.05) is 0 Å². The van der Waals surface area contributed by atoms with E-state index in [1.165, 1.54) is 23.5 Å². The summed E-state index contributed by atoms with van der Waals surface area (Å²) in [6, 6.07) is 2.65. The van der Waals surface area contributed by atoms with Gasteiger partial charge in [0, 0.05) is 12.3 Å². The molecule has 0 aliphatic heterocycles. The number of hydrogen-bond donors (Lipinski definition) is 0. The van der Waals surface area contributed by atoms with Gasteiger partial charge in [-0.3, -0.25) is 0 Å². The van der Waals surface area contributed by atoms with Gasteiger partial charge in [-0.05, 0) is 25.0 Å². The topological polar surface area (TPSA) is 25.8 Å². The molecule has 0 saturated heterocycles. The predicted octanol–water partition coefficient (Wildman–Crippen LogP) is 3.96. The number of alkyl halides is 1. The fourth-order valence-corrected chi connectivity index (χ4v) is 2.58.